The van der Waals surface area contributed by atoms with Crippen LogP contribution < -0.4 is 5.56 Å². The zero-order valence-corrected chi connectivity index (χ0v) is 12.7. The smallest absolute Gasteiger partial charge is 0.258 e. The fraction of sp³-hybridized carbons (Fsp3) is 0.111. The molecule has 0 aliphatic rings. The Balaban J connectivity index is 1.81. The van der Waals surface area contributed by atoms with Crippen molar-refractivity contribution in [1.29, 1.82) is 0 Å². The third-order valence-electron chi connectivity index (χ3n) is 3.74. The first kappa shape index (κ1) is 15.6. The largest absolute Gasteiger partial charge is 0.504 e. The molecule has 1 heterocycles. The van der Waals surface area contributed by atoms with Crippen LogP contribution in [0.2, 0.25) is 0 Å². The minimum Gasteiger partial charge on any atom is -0.504 e. The van der Waals surface area contributed by atoms with Gasteiger partial charge in [0.15, 0.2) is 11.5 Å². The maximum absolute atomic E-state index is 11.8. The van der Waals surface area contributed by atoms with Crippen molar-refractivity contribution >= 4 is 17.0 Å². The Kier molecular flexibility index (Phi) is 4.20. The maximum Gasteiger partial charge on any atom is 0.258 e. The molecule has 0 radical (unpaired) electrons. The van der Waals surface area contributed by atoms with E-state index in [2.05, 4.69) is 9.98 Å². The predicted molar refractivity (Wildman–Crippen MR) is 92.2 cm³/mol. The van der Waals surface area contributed by atoms with Crippen molar-refractivity contribution in [3.63, 3.8) is 0 Å². The van der Waals surface area contributed by atoms with Gasteiger partial charge in [-0.25, -0.2) is 0 Å². The second kappa shape index (κ2) is 6.45. The van der Waals surface area contributed by atoms with Crippen molar-refractivity contribution in [2.24, 2.45) is 4.99 Å². The van der Waals surface area contributed by atoms with E-state index in [-0.39, 0.29) is 22.9 Å². The normalized spacial score (nSPS) is 11.3. The molecule has 0 atom stereocenters. The van der Waals surface area contributed by atoms with Gasteiger partial charge in [-0.3, -0.25) is 14.8 Å². The molecule has 0 unspecified atom stereocenters. The minimum absolute atomic E-state index is 0.160. The third-order valence-corrected chi connectivity index (χ3v) is 3.74. The number of rotatable bonds is 4. The zero-order chi connectivity index (χ0) is 17.1. The Bertz CT molecular complexity index is 976. The standard InChI is InChI=1S/C18H16N2O4/c21-15-6-5-11(9-16(15)22)7-8-19-10-14-12-3-1-2-4-13(12)17(23)20-18(14)24/h1-6,9-10,21-22H,7-8H2,(H2,20,23,24). The van der Waals surface area contributed by atoms with Gasteiger partial charge in [-0.15, -0.1) is 0 Å². The maximum atomic E-state index is 11.8. The molecule has 0 bridgehead atoms. The van der Waals surface area contributed by atoms with Gasteiger partial charge in [-0.05, 0) is 30.2 Å². The molecule has 6 nitrogen and oxygen atoms in total. The third kappa shape index (κ3) is 3.08. The number of aromatic amines is 1. The van der Waals surface area contributed by atoms with Crippen LogP contribution >= 0.6 is 0 Å². The lowest BCUT2D eigenvalue weighted by molar-refractivity contribution is 0.403. The fourth-order valence-corrected chi connectivity index (χ4v) is 2.49. The van der Waals surface area contributed by atoms with Crippen LogP contribution in [0.5, 0.6) is 17.4 Å². The Morgan fingerprint density at radius 1 is 1.00 bits per heavy atom. The van der Waals surface area contributed by atoms with Crippen molar-refractivity contribution in [3.05, 3.63) is 63.9 Å². The summed E-state index contributed by atoms with van der Waals surface area (Å²) in [5.74, 6) is -0.544. The Morgan fingerprint density at radius 2 is 1.75 bits per heavy atom. The van der Waals surface area contributed by atoms with Gasteiger partial charge in [0.05, 0.1) is 5.56 Å². The molecule has 2 aromatic carbocycles. The van der Waals surface area contributed by atoms with Crippen LogP contribution in [-0.2, 0) is 6.42 Å². The highest BCUT2D eigenvalue weighted by Gasteiger charge is 2.08. The van der Waals surface area contributed by atoms with Crippen molar-refractivity contribution < 1.29 is 15.3 Å². The molecule has 0 amide bonds. The molecule has 0 saturated heterocycles. The quantitative estimate of drug-likeness (QED) is 0.436. The minimum atomic E-state index is -0.347. The monoisotopic (exact) mass is 324 g/mol. The summed E-state index contributed by atoms with van der Waals surface area (Å²) >= 11 is 0. The number of nitrogens with one attached hydrogen (secondary N) is 1. The average Bonchev–Trinajstić information content (AvgIpc) is 2.57. The van der Waals surface area contributed by atoms with Gasteiger partial charge in [0, 0.05) is 23.5 Å². The number of aromatic nitrogens is 1. The molecule has 0 aliphatic carbocycles. The van der Waals surface area contributed by atoms with E-state index < -0.39 is 0 Å². The number of hydrogen-bond acceptors (Lipinski definition) is 5. The van der Waals surface area contributed by atoms with Gasteiger partial charge >= 0.3 is 0 Å². The highest BCUT2D eigenvalue weighted by Crippen LogP contribution is 2.25. The van der Waals surface area contributed by atoms with Crippen LogP contribution in [0, 0.1) is 0 Å². The van der Waals surface area contributed by atoms with E-state index in [1.54, 1.807) is 30.3 Å². The van der Waals surface area contributed by atoms with Crippen molar-refractivity contribution in [3.8, 4) is 17.4 Å². The van der Waals surface area contributed by atoms with Crippen LogP contribution in [0.25, 0.3) is 10.8 Å². The van der Waals surface area contributed by atoms with Crippen molar-refractivity contribution in [2.45, 2.75) is 6.42 Å². The van der Waals surface area contributed by atoms with E-state index in [0.29, 0.717) is 29.3 Å². The summed E-state index contributed by atoms with van der Waals surface area (Å²) in [6.07, 6.45) is 2.08. The van der Waals surface area contributed by atoms with Gasteiger partial charge < -0.3 is 15.3 Å². The molecular formula is C18H16N2O4. The molecule has 0 fully saturated rings. The van der Waals surface area contributed by atoms with Gasteiger partial charge in [0.25, 0.3) is 5.56 Å². The second-order valence-corrected chi connectivity index (χ2v) is 5.37. The van der Waals surface area contributed by atoms with Crippen LogP contribution in [0.1, 0.15) is 11.1 Å². The molecule has 3 aromatic rings. The number of aliphatic imine (C=N–C) groups is 1. The summed E-state index contributed by atoms with van der Waals surface area (Å²) in [5.41, 5.74) is 0.941. The van der Waals surface area contributed by atoms with E-state index in [9.17, 15) is 20.1 Å². The molecule has 3 rings (SSSR count). The van der Waals surface area contributed by atoms with Gasteiger partial charge in [0.2, 0.25) is 5.88 Å². The lowest BCUT2D eigenvalue weighted by Crippen LogP contribution is -2.08. The van der Waals surface area contributed by atoms with Crippen LogP contribution in [-0.4, -0.2) is 33.1 Å². The second-order valence-electron chi connectivity index (χ2n) is 5.37. The molecule has 1 aromatic heterocycles. The highest BCUT2D eigenvalue weighted by molar-refractivity contribution is 6.01. The molecule has 24 heavy (non-hydrogen) atoms. The number of nitrogens with zero attached hydrogens (tertiary/aromatic N) is 1. The number of phenols is 2. The van der Waals surface area contributed by atoms with Crippen LogP contribution in [0.3, 0.4) is 0 Å². The Labute approximate surface area is 137 Å². The summed E-state index contributed by atoms with van der Waals surface area (Å²) in [7, 11) is 0. The van der Waals surface area contributed by atoms with E-state index in [4.69, 9.17) is 0 Å². The number of aromatic hydroxyl groups is 3. The SMILES string of the molecule is O=c1[nH]c(O)c(C=NCCc2ccc(O)c(O)c2)c2ccccc12. The van der Waals surface area contributed by atoms with Gasteiger partial charge in [-0.1, -0.05) is 24.3 Å². The molecule has 122 valence electrons. The first-order chi connectivity index (χ1) is 11.6. The van der Waals surface area contributed by atoms with Crippen molar-refractivity contribution in [2.75, 3.05) is 6.54 Å². The first-order valence-corrected chi connectivity index (χ1v) is 7.41. The van der Waals surface area contributed by atoms with E-state index >= 15 is 0 Å². The van der Waals surface area contributed by atoms with Crippen LogP contribution in [0.15, 0.2) is 52.3 Å². The summed E-state index contributed by atoms with van der Waals surface area (Å²) in [6, 6.07) is 11.6. The first-order valence-electron chi connectivity index (χ1n) is 7.41. The van der Waals surface area contributed by atoms with Gasteiger partial charge in [0.1, 0.15) is 0 Å². The van der Waals surface area contributed by atoms with E-state index in [1.807, 2.05) is 0 Å². The lowest BCUT2D eigenvalue weighted by atomic mass is 10.1. The summed E-state index contributed by atoms with van der Waals surface area (Å²) in [5, 5.41) is 29.8. The molecule has 4 N–H and O–H groups in total. The number of benzene rings is 2. The van der Waals surface area contributed by atoms with E-state index in [1.165, 1.54) is 18.3 Å². The molecule has 6 heteroatoms. The number of phenolic OH excluding ortho intramolecular Hbond substituents is 2. The van der Waals surface area contributed by atoms with Gasteiger partial charge in [-0.2, -0.15) is 0 Å². The molecular weight excluding hydrogens is 308 g/mol. The summed E-state index contributed by atoms with van der Waals surface area (Å²) in [4.78, 5) is 18.5. The summed E-state index contributed by atoms with van der Waals surface area (Å²) in [6.45, 7) is 0.428. The number of pyridine rings is 1. The average molecular weight is 324 g/mol. The van der Waals surface area contributed by atoms with Crippen molar-refractivity contribution in [1.82, 2.24) is 4.98 Å². The number of hydrogen-bond donors (Lipinski definition) is 4. The number of H-pyrrole nitrogens is 1. The topological polar surface area (TPSA) is 106 Å². The molecule has 0 saturated carbocycles. The van der Waals surface area contributed by atoms with E-state index in [0.717, 1.165) is 5.56 Å². The predicted octanol–water partition coefficient (Wildman–Crippen LogP) is 2.31. The molecule has 0 spiro atoms. The lowest BCUT2D eigenvalue weighted by Gasteiger charge is -2.04. The summed E-state index contributed by atoms with van der Waals surface area (Å²) < 4.78 is 0. The highest BCUT2D eigenvalue weighted by atomic mass is 16.3. The Hall–Kier alpha value is -3.28. The molecule has 0 aliphatic heterocycles. The Morgan fingerprint density at radius 3 is 2.50 bits per heavy atom. The van der Waals surface area contributed by atoms with Crippen LogP contribution in [0.4, 0.5) is 0 Å². The fourth-order valence-electron chi connectivity index (χ4n) is 2.49. The number of fused-ring (bicyclic) bond motifs is 1. The zero-order valence-electron chi connectivity index (χ0n) is 12.7.